The van der Waals surface area contributed by atoms with Gasteiger partial charge in [-0.2, -0.15) is 0 Å². The van der Waals surface area contributed by atoms with Gasteiger partial charge in [-0.1, -0.05) is 17.7 Å². The summed E-state index contributed by atoms with van der Waals surface area (Å²) >= 11 is 5.79. The smallest absolute Gasteiger partial charge is 0.137 e. The summed E-state index contributed by atoms with van der Waals surface area (Å²) in [5, 5.41) is 0.615. The number of halogens is 2. The SMILES string of the molecule is COc1cc(CN)ccc1Cl.Cl. The topological polar surface area (TPSA) is 35.2 Å². The molecular weight excluding hydrogens is 197 g/mol. The Labute approximate surface area is 83.1 Å². The van der Waals surface area contributed by atoms with Gasteiger partial charge in [0.2, 0.25) is 0 Å². The minimum Gasteiger partial charge on any atom is -0.495 e. The summed E-state index contributed by atoms with van der Waals surface area (Å²) in [7, 11) is 1.58. The Morgan fingerprint density at radius 3 is 2.67 bits per heavy atom. The summed E-state index contributed by atoms with van der Waals surface area (Å²) in [5.41, 5.74) is 6.44. The van der Waals surface area contributed by atoms with Gasteiger partial charge in [-0.25, -0.2) is 0 Å². The number of nitrogens with two attached hydrogens (primary N) is 1. The molecule has 2 nitrogen and oxygen atoms in total. The fourth-order valence-corrected chi connectivity index (χ4v) is 1.03. The van der Waals surface area contributed by atoms with E-state index >= 15 is 0 Å². The largest absolute Gasteiger partial charge is 0.495 e. The van der Waals surface area contributed by atoms with Gasteiger partial charge >= 0.3 is 0 Å². The van der Waals surface area contributed by atoms with Crippen LogP contribution in [0.3, 0.4) is 0 Å². The highest BCUT2D eigenvalue weighted by atomic mass is 35.5. The third-order valence-electron chi connectivity index (χ3n) is 1.45. The van der Waals surface area contributed by atoms with E-state index in [1.807, 2.05) is 12.1 Å². The van der Waals surface area contributed by atoms with E-state index in [4.69, 9.17) is 22.1 Å². The fourth-order valence-electron chi connectivity index (χ4n) is 0.831. The Kier molecular flexibility index (Phi) is 5.06. The molecule has 1 rings (SSSR count). The summed E-state index contributed by atoms with van der Waals surface area (Å²) in [6.45, 7) is 0.507. The van der Waals surface area contributed by atoms with Gasteiger partial charge in [-0.3, -0.25) is 0 Å². The van der Waals surface area contributed by atoms with Crippen LogP contribution in [0.5, 0.6) is 5.75 Å². The first-order valence-electron chi connectivity index (χ1n) is 3.30. The standard InChI is InChI=1S/C8H10ClNO.ClH/c1-11-8-4-6(5-10)2-3-7(8)9;/h2-4H,5,10H2,1H3;1H. The van der Waals surface area contributed by atoms with E-state index in [0.717, 1.165) is 5.56 Å². The van der Waals surface area contributed by atoms with Crippen molar-refractivity contribution in [2.75, 3.05) is 7.11 Å². The Morgan fingerprint density at radius 2 is 2.17 bits per heavy atom. The van der Waals surface area contributed by atoms with Crippen LogP contribution in [0.1, 0.15) is 5.56 Å². The lowest BCUT2D eigenvalue weighted by atomic mass is 10.2. The average molecular weight is 208 g/mol. The lowest BCUT2D eigenvalue weighted by Gasteiger charge is -2.03. The Bertz CT molecular complexity index is 253. The Balaban J connectivity index is 0.00000121. The quantitative estimate of drug-likeness (QED) is 0.808. The van der Waals surface area contributed by atoms with Crippen LogP contribution in [-0.2, 0) is 6.54 Å². The molecule has 0 saturated heterocycles. The van der Waals surface area contributed by atoms with Crippen molar-refractivity contribution in [1.29, 1.82) is 0 Å². The third-order valence-corrected chi connectivity index (χ3v) is 1.76. The van der Waals surface area contributed by atoms with Crippen LogP contribution < -0.4 is 10.5 Å². The van der Waals surface area contributed by atoms with Crippen molar-refractivity contribution in [2.24, 2.45) is 5.73 Å². The molecule has 0 radical (unpaired) electrons. The van der Waals surface area contributed by atoms with Gasteiger partial charge < -0.3 is 10.5 Å². The van der Waals surface area contributed by atoms with E-state index < -0.39 is 0 Å². The summed E-state index contributed by atoms with van der Waals surface area (Å²) in [6.07, 6.45) is 0. The van der Waals surface area contributed by atoms with Crippen molar-refractivity contribution in [3.63, 3.8) is 0 Å². The van der Waals surface area contributed by atoms with Gasteiger partial charge in [0.15, 0.2) is 0 Å². The lowest BCUT2D eigenvalue weighted by molar-refractivity contribution is 0.414. The molecule has 0 heterocycles. The van der Waals surface area contributed by atoms with Crippen molar-refractivity contribution in [1.82, 2.24) is 0 Å². The molecule has 68 valence electrons. The minimum atomic E-state index is 0. The van der Waals surface area contributed by atoms with Gasteiger partial charge in [0.05, 0.1) is 12.1 Å². The van der Waals surface area contributed by atoms with Crippen molar-refractivity contribution in [2.45, 2.75) is 6.54 Å². The van der Waals surface area contributed by atoms with Crippen LogP contribution in [0.25, 0.3) is 0 Å². The number of rotatable bonds is 2. The van der Waals surface area contributed by atoms with Gasteiger partial charge in [-0.15, -0.1) is 12.4 Å². The van der Waals surface area contributed by atoms with Crippen molar-refractivity contribution >= 4 is 24.0 Å². The highest BCUT2D eigenvalue weighted by molar-refractivity contribution is 6.32. The molecule has 0 unspecified atom stereocenters. The van der Waals surface area contributed by atoms with Crippen LogP contribution in [0.15, 0.2) is 18.2 Å². The number of hydrogen-bond donors (Lipinski definition) is 1. The van der Waals surface area contributed by atoms with Gasteiger partial charge in [0.25, 0.3) is 0 Å². The molecule has 0 atom stereocenters. The summed E-state index contributed by atoms with van der Waals surface area (Å²) in [6, 6.07) is 5.50. The molecule has 0 spiro atoms. The maximum absolute atomic E-state index is 5.79. The molecule has 0 aliphatic carbocycles. The number of ether oxygens (including phenoxy) is 1. The predicted molar refractivity (Wildman–Crippen MR) is 53.1 cm³/mol. The number of benzene rings is 1. The molecule has 0 saturated carbocycles. The molecule has 0 fully saturated rings. The van der Waals surface area contributed by atoms with Crippen LogP contribution >= 0.6 is 24.0 Å². The zero-order valence-corrected chi connectivity index (χ0v) is 8.28. The first kappa shape index (κ1) is 11.6. The maximum atomic E-state index is 5.79. The molecule has 1 aromatic carbocycles. The van der Waals surface area contributed by atoms with Crippen molar-refractivity contribution in [3.05, 3.63) is 28.8 Å². The van der Waals surface area contributed by atoms with Crippen molar-refractivity contribution in [3.8, 4) is 5.75 Å². The average Bonchev–Trinajstić information content (AvgIpc) is 2.05. The summed E-state index contributed by atoms with van der Waals surface area (Å²) in [4.78, 5) is 0. The third kappa shape index (κ3) is 2.55. The van der Waals surface area contributed by atoms with Gasteiger partial charge in [0, 0.05) is 6.54 Å². The normalized spacial score (nSPS) is 8.92. The molecule has 0 aromatic heterocycles. The second-order valence-electron chi connectivity index (χ2n) is 2.17. The van der Waals surface area contributed by atoms with E-state index in [1.165, 1.54) is 0 Å². The van der Waals surface area contributed by atoms with Gasteiger partial charge in [0.1, 0.15) is 5.75 Å². The first-order valence-corrected chi connectivity index (χ1v) is 3.68. The molecule has 12 heavy (non-hydrogen) atoms. The second-order valence-corrected chi connectivity index (χ2v) is 2.58. The van der Waals surface area contributed by atoms with E-state index in [9.17, 15) is 0 Å². The Hall–Kier alpha value is -0.440. The molecule has 4 heteroatoms. The summed E-state index contributed by atoms with van der Waals surface area (Å²) < 4.78 is 5.00. The van der Waals surface area contributed by atoms with E-state index in [-0.39, 0.29) is 12.4 Å². The molecule has 1 aromatic rings. The van der Waals surface area contributed by atoms with E-state index in [0.29, 0.717) is 17.3 Å². The molecule has 0 aliphatic rings. The van der Waals surface area contributed by atoms with Crippen LogP contribution in [-0.4, -0.2) is 7.11 Å². The minimum absolute atomic E-state index is 0. The molecular formula is C8H11Cl2NO. The molecule has 0 amide bonds. The van der Waals surface area contributed by atoms with Crippen LogP contribution in [0.2, 0.25) is 5.02 Å². The number of hydrogen-bond acceptors (Lipinski definition) is 2. The van der Waals surface area contributed by atoms with Gasteiger partial charge in [-0.05, 0) is 17.7 Å². The maximum Gasteiger partial charge on any atom is 0.137 e. The van der Waals surface area contributed by atoms with E-state index in [1.54, 1.807) is 13.2 Å². The molecule has 0 bridgehead atoms. The second kappa shape index (κ2) is 5.25. The van der Waals surface area contributed by atoms with Crippen molar-refractivity contribution < 1.29 is 4.74 Å². The first-order chi connectivity index (χ1) is 5.27. The van der Waals surface area contributed by atoms with E-state index in [2.05, 4.69) is 0 Å². The highest BCUT2D eigenvalue weighted by Gasteiger charge is 1.99. The number of methoxy groups -OCH3 is 1. The lowest BCUT2D eigenvalue weighted by Crippen LogP contribution is -1.96. The molecule has 2 N–H and O–H groups in total. The van der Waals surface area contributed by atoms with Crippen LogP contribution in [0.4, 0.5) is 0 Å². The zero-order valence-electron chi connectivity index (χ0n) is 6.71. The molecule has 0 aliphatic heterocycles. The summed E-state index contributed by atoms with van der Waals surface area (Å²) in [5.74, 6) is 0.676. The Morgan fingerprint density at radius 1 is 1.50 bits per heavy atom. The monoisotopic (exact) mass is 207 g/mol. The fraction of sp³-hybridized carbons (Fsp3) is 0.250. The highest BCUT2D eigenvalue weighted by Crippen LogP contribution is 2.24. The zero-order chi connectivity index (χ0) is 8.27. The predicted octanol–water partition coefficient (Wildman–Crippen LogP) is 2.23. The van der Waals surface area contributed by atoms with Crippen LogP contribution in [0, 0.1) is 0 Å².